The van der Waals surface area contributed by atoms with Crippen LogP contribution in [-0.4, -0.2) is 35.1 Å². The zero-order valence-electron chi connectivity index (χ0n) is 12.0. The van der Waals surface area contributed by atoms with Gasteiger partial charge in [-0.3, -0.25) is 0 Å². The second-order valence-electron chi connectivity index (χ2n) is 4.62. The number of carboxylic acid groups (broad SMARTS) is 1. The third kappa shape index (κ3) is 4.57. The number of rotatable bonds is 7. The topological polar surface area (TPSA) is 69.6 Å². The molecule has 0 bridgehead atoms. The van der Waals surface area contributed by atoms with Crippen LogP contribution in [0.2, 0.25) is 0 Å². The number of carbonyl (C=O) groups is 2. The lowest BCUT2D eigenvalue weighted by Gasteiger charge is -2.24. The smallest absolute Gasteiger partial charge is 0.330 e. The molecule has 0 aliphatic rings. The van der Waals surface area contributed by atoms with Crippen molar-refractivity contribution in [1.29, 1.82) is 0 Å². The third-order valence-corrected chi connectivity index (χ3v) is 2.92. The van der Waals surface area contributed by atoms with Crippen molar-refractivity contribution in [2.45, 2.75) is 32.7 Å². The minimum absolute atomic E-state index is 0.329. The summed E-state index contributed by atoms with van der Waals surface area (Å²) in [4.78, 5) is 25.2. The van der Waals surface area contributed by atoms with Gasteiger partial charge < -0.3 is 15.3 Å². The Morgan fingerprint density at radius 2 is 1.70 bits per heavy atom. The monoisotopic (exact) mass is 278 g/mol. The molecular weight excluding hydrogens is 256 g/mol. The number of hydrogen-bond acceptors (Lipinski definition) is 2. The van der Waals surface area contributed by atoms with Gasteiger partial charge in [0, 0.05) is 13.1 Å². The van der Waals surface area contributed by atoms with E-state index >= 15 is 0 Å². The van der Waals surface area contributed by atoms with Crippen molar-refractivity contribution in [2.24, 2.45) is 0 Å². The molecule has 0 aromatic heterocycles. The summed E-state index contributed by atoms with van der Waals surface area (Å²) >= 11 is 0. The Labute approximate surface area is 119 Å². The predicted octanol–water partition coefficient (Wildman–Crippen LogP) is 2.64. The first-order valence-corrected chi connectivity index (χ1v) is 6.93. The zero-order chi connectivity index (χ0) is 15.0. The van der Waals surface area contributed by atoms with Crippen LogP contribution >= 0.6 is 0 Å². The van der Waals surface area contributed by atoms with E-state index in [9.17, 15) is 14.7 Å². The second kappa shape index (κ2) is 8.19. The fourth-order valence-electron chi connectivity index (χ4n) is 2.00. The molecule has 0 heterocycles. The minimum Gasteiger partial charge on any atom is -0.479 e. The van der Waals surface area contributed by atoms with Crippen LogP contribution in [-0.2, 0) is 4.79 Å². The summed E-state index contributed by atoms with van der Waals surface area (Å²) in [5.74, 6) is -1.06. The molecule has 1 rings (SSSR count). The van der Waals surface area contributed by atoms with E-state index in [2.05, 4.69) is 5.32 Å². The first-order chi connectivity index (χ1) is 9.60. The van der Waals surface area contributed by atoms with Crippen LogP contribution in [0.3, 0.4) is 0 Å². The van der Waals surface area contributed by atoms with Gasteiger partial charge in [-0.25, -0.2) is 9.59 Å². The van der Waals surface area contributed by atoms with Crippen LogP contribution < -0.4 is 5.32 Å². The fraction of sp³-hybridized carbons (Fsp3) is 0.467. The molecule has 20 heavy (non-hydrogen) atoms. The maximum Gasteiger partial charge on any atom is 0.330 e. The first-order valence-electron chi connectivity index (χ1n) is 6.93. The molecule has 2 N–H and O–H groups in total. The van der Waals surface area contributed by atoms with Crippen LogP contribution in [0.15, 0.2) is 30.3 Å². The van der Waals surface area contributed by atoms with E-state index in [0.717, 1.165) is 12.8 Å². The molecule has 0 aliphatic heterocycles. The lowest BCUT2D eigenvalue weighted by molar-refractivity contribution is -0.139. The van der Waals surface area contributed by atoms with E-state index in [0.29, 0.717) is 18.7 Å². The molecule has 110 valence electrons. The van der Waals surface area contributed by atoms with Gasteiger partial charge in [0.05, 0.1) is 0 Å². The van der Waals surface area contributed by atoms with Crippen LogP contribution in [0, 0.1) is 0 Å². The summed E-state index contributed by atoms with van der Waals surface area (Å²) in [6.45, 7) is 5.23. The van der Waals surface area contributed by atoms with Gasteiger partial charge in [-0.05, 0) is 18.4 Å². The Bertz CT molecular complexity index is 428. The van der Waals surface area contributed by atoms with Gasteiger partial charge in [0.2, 0.25) is 0 Å². The molecule has 0 saturated heterocycles. The number of urea groups is 1. The molecule has 0 fully saturated rings. The van der Waals surface area contributed by atoms with Crippen molar-refractivity contribution in [2.75, 3.05) is 13.1 Å². The fourth-order valence-corrected chi connectivity index (χ4v) is 2.00. The van der Waals surface area contributed by atoms with E-state index in [1.54, 1.807) is 29.2 Å². The Morgan fingerprint density at radius 1 is 1.15 bits per heavy atom. The summed E-state index contributed by atoms with van der Waals surface area (Å²) in [6.07, 6.45) is 1.69. The minimum atomic E-state index is -1.06. The van der Waals surface area contributed by atoms with Crippen LogP contribution in [0.25, 0.3) is 0 Å². The van der Waals surface area contributed by atoms with Gasteiger partial charge in [0.1, 0.15) is 0 Å². The molecular formula is C15H22N2O3. The molecule has 0 spiro atoms. The Hall–Kier alpha value is -2.04. The summed E-state index contributed by atoms with van der Waals surface area (Å²) < 4.78 is 0. The average molecular weight is 278 g/mol. The molecule has 1 unspecified atom stereocenters. The molecule has 1 aromatic carbocycles. The highest BCUT2D eigenvalue weighted by Gasteiger charge is 2.24. The molecule has 0 radical (unpaired) electrons. The average Bonchev–Trinajstić information content (AvgIpc) is 2.45. The SMILES string of the molecule is CCCN(CCC)C(=O)NC(C(=O)O)c1ccccc1. The normalized spacial score (nSPS) is 11.7. The van der Waals surface area contributed by atoms with Crippen LogP contribution in [0.1, 0.15) is 38.3 Å². The number of benzene rings is 1. The number of carboxylic acids is 1. The molecule has 0 aliphatic carbocycles. The lowest BCUT2D eigenvalue weighted by atomic mass is 10.1. The number of aliphatic carboxylic acids is 1. The third-order valence-electron chi connectivity index (χ3n) is 2.92. The van der Waals surface area contributed by atoms with Crippen molar-refractivity contribution in [3.05, 3.63) is 35.9 Å². The number of nitrogens with one attached hydrogen (secondary N) is 1. The van der Waals surface area contributed by atoms with E-state index < -0.39 is 12.0 Å². The van der Waals surface area contributed by atoms with Gasteiger partial charge in [0.15, 0.2) is 6.04 Å². The summed E-state index contributed by atoms with van der Waals surface area (Å²) in [5, 5.41) is 11.9. The number of nitrogens with zero attached hydrogens (tertiary/aromatic N) is 1. The Kier molecular flexibility index (Phi) is 6.56. The van der Waals surface area contributed by atoms with Gasteiger partial charge in [0.25, 0.3) is 0 Å². The Balaban J connectivity index is 2.80. The molecule has 1 aromatic rings. The van der Waals surface area contributed by atoms with E-state index in [1.807, 2.05) is 19.9 Å². The van der Waals surface area contributed by atoms with Crippen molar-refractivity contribution in [3.8, 4) is 0 Å². The van der Waals surface area contributed by atoms with Gasteiger partial charge in [-0.15, -0.1) is 0 Å². The maximum atomic E-state index is 12.2. The summed E-state index contributed by atoms with van der Waals surface area (Å²) in [6, 6.07) is 7.38. The van der Waals surface area contributed by atoms with Crippen LogP contribution in [0.5, 0.6) is 0 Å². The van der Waals surface area contributed by atoms with Gasteiger partial charge in [-0.1, -0.05) is 44.2 Å². The Morgan fingerprint density at radius 3 is 2.15 bits per heavy atom. The van der Waals surface area contributed by atoms with E-state index in [-0.39, 0.29) is 6.03 Å². The number of carbonyl (C=O) groups excluding carboxylic acids is 1. The zero-order valence-corrected chi connectivity index (χ0v) is 12.0. The quantitative estimate of drug-likeness (QED) is 0.805. The highest BCUT2D eigenvalue weighted by Crippen LogP contribution is 2.13. The van der Waals surface area contributed by atoms with Crippen LogP contribution in [0.4, 0.5) is 4.79 Å². The van der Waals surface area contributed by atoms with Crippen molar-refractivity contribution < 1.29 is 14.7 Å². The van der Waals surface area contributed by atoms with Crippen molar-refractivity contribution >= 4 is 12.0 Å². The molecule has 2 amide bonds. The number of hydrogen-bond donors (Lipinski definition) is 2. The highest BCUT2D eigenvalue weighted by molar-refractivity contribution is 5.83. The largest absolute Gasteiger partial charge is 0.479 e. The molecule has 5 nitrogen and oxygen atoms in total. The predicted molar refractivity (Wildman–Crippen MR) is 77.5 cm³/mol. The van der Waals surface area contributed by atoms with E-state index in [1.165, 1.54) is 0 Å². The lowest BCUT2D eigenvalue weighted by Crippen LogP contribution is -2.44. The van der Waals surface area contributed by atoms with Gasteiger partial charge >= 0.3 is 12.0 Å². The van der Waals surface area contributed by atoms with Gasteiger partial charge in [-0.2, -0.15) is 0 Å². The molecule has 5 heteroatoms. The highest BCUT2D eigenvalue weighted by atomic mass is 16.4. The number of amides is 2. The summed E-state index contributed by atoms with van der Waals surface area (Å²) in [5.41, 5.74) is 0.571. The summed E-state index contributed by atoms with van der Waals surface area (Å²) in [7, 11) is 0. The first kappa shape index (κ1) is 16.0. The molecule has 0 saturated carbocycles. The second-order valence-corrected chi connectivity index (χ2v) is 4.62. The molecule has 1 atom stereocenters. The maximum absolute atomic E-state index is 12.2. The standard InChI is InChI=1S/C15H22N2O3/c1-3-10-17(11-4-2)15(20)16-13(14(18)19)12-8-6-5-7-9-12/h5-9,13H,3-4,10-11H2,1-2H3,(H,16,20)(H,18,19). The van der Waals surface area contributed by atoms with E-state index in [4.69, 9.17) is 0 Å². The van der Waals surface area contributed by atoms with Crippen molar-refractivity contribution in [3.63, 3.8) is 0 Å². The van der Waals surface area contributed by atoms with Crippen molar-refractivity contribution in [1.82, 2.24) is 10.2 Å².